The highest BCUT2D eigenvalue weighted by atomic mass is 35.5. The predicted molar refractivity (Wildman–Crippen MR) is 64.7 cm³/mol. The van der Waals surface area contributed by atoms with Crippen LogP contribution in [-0.4, -0.2) is 30.1 Å². The Hall–Kier alpha value is -0.580. The summed E-state index contributed by atoms with van der Waals surface area (Å²) in [6, 6.07) is 0. The Kier molecular flexibility index (Phi) is 4.23. The molecular formula is C12H19ClO4. The largest absolute Gasteiger partial charge is 0.456 e. The van der Waals surface area contributed by atoms with Gasteiger partial charge in [0.05, 0.1) is 6.61 Å². The van der Waals surface area contributed by atoms with Gasteiger partial charge in [-0.2, -0.15) is 0 Å². The molecule has 1 aliphatic rings. The fourth-order valence-corrected chi connectivity index (χ4v) is 1.53. The fraction of sp³-hybridized carbons (Fsp3) is 0.750. The first-order valence-electron chi connectivity index (χ1n) is 5.51. The topological polar surface area (TPSA) is 44.8 Å². The van der Waals surface area contributed by atoms with Crippen molar-refractivity contribution in [1.29, 1.82) is 0 Å². The van der Waals surface area contributed by atoms with E-state index in [4.69, 9.17) is 25.8 Å². The molecule has 0 aromatic rings. The summed E-state index contributed by atoms with van der Waals surface area (Å²) in [6.07, 6.45) is 1.20. The highest BCUT2D eigenvalue weighted by Crippen LogP contribution is 2.24. The number of hydrogen-bond donors (Lipinski definition) is 0. The van der Waals surface area contributed by atoms with E-state index < -0.39 is 17.4 Å². The smallest absolute Gasteiger partial charge is 0.350 e. The molecule has 1 atom stereocenters. The Labute approximate surface area is 107 Å². The summed E-state index contributed by atoms with van der Waals surface area (Å²) in [5.41, 5.74) is -0.558. The first-order chi connectivity index (χ1) is 7.59. The van der Waals surface area contributed by atoms with Crippen LogP contribution in [0.15, 0.2) is 11.1 Å². The Bertz CT molecular complexity index is 328. The Morgan fingerprint density at radius 3 is 2.47 bits per heavy atom. The van der Waals surface area contributed by atoms with Gasteiger partial charge in [-0.25, -0.2) is 4.79 Å². The molecule has 0 aromatic heterocycles. The van der Waals surface area contributed by atoms with Gasteiger partial charge in [0.25, 0.3) is 0 Å². The third-order valence-electron chi connectivity index (χ3n) is 1.96. The summed E-state index contributed by atoms with van der Waals surface area (Å²) < 4.78 is 16.0. The van der Waals surface area contributed by atoms with Gasteiger partial charge >= 0.3 is 5.97 Å². The zero-order valence-corrected chi connectivity index (χ0v) is 11.6. The van der Waals surface area contributed by atoms with Crippen molar-refractivity contribution in [1.82, 2.24) is 0 Å². The molecule has 0 saturated carbocycles. The minimum atomic E-state index is -0.633. The van der Waals surface area contributed by atoms with Gasteiger partial charge in [-0.1, -0.05) is 11.6 Å². The van der Waals surface area contributed by atoms with Gasteiger partial charge < -0.3 is 14.2 Å². The molecule has 0 amide bonds. The number of carbonyl (C=O) groups is 1. The first-order valence-corrected chi connectivity index (χ1v) is 5.89. The maximum Gasteiger partial charge on any atom is 0.350 e. The molecule has 1 unspecified atom stereocenters. The van der Waals surface area contributed by atoms with Crippen molar-refractivity contribution in [3.63, 3.8) is 0 Å². The maximum absolute atomic E-state index is 11.6. The average Bonchev–Trinajstić information content (AvgIpc) is 2.42. The van der Waals surface area contributed by atoms with Crippen LogP contribution in [0.1, 0.15) is 34.6 Å². The maximum atomic E-state index is 11.6. The minimum absolute atomic E-state index is 0.0197. The van der Waals surface area contributed by atoms with E-state index >= 15 is 0 Å². The third-order valence-corrected chi connectivity index (χ3v) is 2.24. The van der Waals surface area contributed by atoms with E-state index in [-0.39, 0.29) is 11.1 Å². The van der Waals surface area contributed by atoms with Crippen LogP contribution in [0, 0.1) is 0 Å². The molecule has 0 bridgehead atoms. The number of esters is 1. The van der Waals surface area contributed by atoms with E-state index in [0.717, 1.165) is 0 Å². The van der Waals surface area contributed by atoms with E-state index in [1.54, 1.807) is 20.8 Å². The highest BCUT2D eigenvalue weighted by Gasteiger charge is 2.32. The number of hydrogen-bond acceptors (Lipinski definition) is 4. The fourth-order valence-electron chi connectivity index (χ4n) is 1.36. The Balaban J connectivity index is 2.58. The summed E-state index contributed by atoms with van der Waals surface area (Å²) in [5, 5.41) is 0.0197. The molecule has 0 spiro atoms. The van der Waals surface area contributed by atoms with Gasteiger partial charge in [0.1, 0.15) is 16.7 Å². The normalized spacial score (nSPS) is 24.8. The molecule has 0 radical (unpaired) electrons. The van der Waals surface area contributed by atoms with Gasteiger partial charge in [0.15, 0.2) is 5.79 Å². The zero-order chi connectivity index (χ0) is 13.3. The summed E-state index contributed by atoms with van der Waals surface area (Å²) >= 11 is 5.86. The van der Waals surface area contributed by atoms with Crippen LogP contribution in [0.3, 0.4) is 0 Å². The summed E-state index contributed by atoms with van der Waals surface area (Å²) in [7, 11) is 0. The molecule has 1 fully saturated rings. The van der Waals surface area contributed by atoms with Crippen LogP contribution in [0.25, 0.3) is 0 Å². The van der Waals surface area contributed by atoms with Gasteiger partial charge in [-0.05, 0) is 40.7 Å². The second kappa shape index (κ2) is 4.96. The Morgan fingerprint density at radius 1 is 1.47 bits per heavy atom. The predicted octanol–water partition coefficient (Wildman–Crippen LogP) is 2.60. The van der Waals surface area contributed by atoms with E-state index in [0.29, 0.717) is 6.61 Å². The molecule has 0 aromatic carbocycles. The highest BCUT2D eigenvalue weighted by molar-refractivity contribution is 6.41. The van der Waals surface area contributed by atoms with Crippen molar-refractivity contribution >= 4 is 17.6 Å². The van der Waals surface area contributed by atoms with Crippen molar-refractivity contribution in [2.24, 2.45) is 0 Å². The van der Waals surface area contributed by atoms with Gasteiger partial charge in [-0.3, -0.25) is 0 Å². The number of carbonyl (C=O) groups excluding carboxylic acids is 1. The van der Waals surface area contributed by atoms with Crippen molar-refractivity contribution in [2.75, 3.05) is 6.61 Å². The van der Waals surface area contributed by atoms with Crippen LogP contribution < -0.4 is 0 Å². The molecule has 98 valence electrons. The molecule has 5 heteroatoms. The molecular weight excluding hydrogens is 244 g/mol. The summed E-state index contributed by atoms with van der Waals surface area (Å²) in [6.45, 7) is 9.35. The van der Waals surface area contributed by atoms with Crippen molar-refractivity contribution < 1.29 is 19.0 Å². The molecule has 0 aliphatic carbocycles. The Morgan fingerprint density at radius 2 is 2.06 bits per heavy atom. The number of rotatable bonds is 2. The van der Waals surface area contributed by atoms with E-state index in [9.17, 15) is 4.79 Å². The van der Waals surface area contributed by atoms with Gasteiger partial charge in [-0.15, -0.1) is 0 Å². The van der Waals surface area contributed by atoms with Crippen LogP contribution in [0.4, 0.5) is 0 Å². The third kappa shape index (κ3) is 5.06. The number of ether oxygens (including phenoxy) is 3. The molecule has 1 heterocycles. The van der Waals surface area contributed by atoms with E-state index in [2.05, 4.69) is 0 Å². The zero-order valence-electron chi connectivity index (χ0n) is 10.9. The SMILES string of the molecule is CC(C)(C)OC(=O)/C(Cl)=C/C1COC(C)(C)O1. The standard InChI is InChI=1S/C12H19ClO4/c1-11(2,3)17-10(14)9(13)6-8-7-15-12(4,5)16-8/h6,8H,7H2,1-5H3/b9-6-. The van der Waals surface area contributed by atoms with Crippen molar-refractivity contribution in [2.45, 2.75) is 52.1 Å². The molecule has 1 rings (SSSR count). The van der Waals surface area contributed by atoms with Gasteiger partial charge in [0.2, 0.25) is 0 Å². The molecule has 4 nitrogen and oxygen atoms in total. The molecule has 1 saturated heterocycles. The summed E-state index contributed by atoms with van der Waals surface area (Å²) in [4.78, 5) is 11.6. The van der Waals surface area contributed by atoms with Gasteiger partial charge in [0, 0.05) is 0 Å². The van der Waals surface area contributed by atoms with Crippen LogP contribution in [0.2, 0.25) is 0 Å². The average molecular weight is 263 g/mol. The van der Waals surface area contributed by atoms with Crippen LogP contribution in [0.5, 0.6) is 0 Å². The van der Waals surface area contributed by atoms with Crippen molar-refractivity contribution in [3.8, 4) is 0 Å². The first kappa shape index (κ1) is 14.5. The lowest BCUT2D eigenvalue weighted by molar-refractivity contribution is -0.149. The van der Waals surface area contributed by atoms with Crippen molar-refractivity contribution in [3.05, 3.63) is 11.1 Å². The molecule has 1 aliphatic heterocycles. The van der Waals surface area contributed by atoms with Crippen LogP contribution in [-0.2, 0) is 19.0 Å². The summed E-state index contributed by atoms with van der Waals surface area (Å²) in [5.74, 6) is -1.18. The van der Waals surface area contributed by atoms with Crippen LogP contribution >= 0.6 is 11.6 Å². The van der Waals surface area contributed by atoms with E-state index in [1.807, 2.05) is 13.8 Å². The second-order valence-electron chi connectivity index (χ2n) is 5.38. The molecule has 0 N–H and O–H groups in total. The lowest BCUT2D eigenvalue weighted by Crippen LogP contribution is -2.24. The second-order valence-corrected chi connectivity index (χ2v) is 5.79. The lowest BCUT2D eigenvalue weighted by atomic mass is 10.2. The minimum Gasteiger partial charge on any atom is -0.456 e. The molecule has 17 heavy (non-hydrogen) atoms. The number of halogens is 1. The lowest BCUT2D eigenvalue weighted by Gasteiger charge is -2.19. The quantitative estimate of drug-likeness (QED) is 0.567. The monoisotopic (exact) mass is 262 g/mol. The van der Waals surface area contributed by atoms with E-state index in [1.165, 1.54) is 6.08 Å².